The van der Waals surface area contributed by atoms with Crippen molar-refractivity contribution in [3.8, 4) is 0 Å². The van der Waals surface area contributed by atoms with Crippen LogP contribution in [-0.4, -0.2) is 50.6 Å². The van der Waals surface area contributed by atoms with Crippen LogP contribution in [0.1, 0.15) is 32.1 Å². The minimum Gasteiger partial charge on any atom is -0.355 e. The Labute approximate surface area is 98.8 Å². The van der Waals surface area contributed by atoms with Gasteiger partial charge in [0.25, 0.3) is 0 Å². The van der Waals surface area contributed by atoms with Gasteiger partial charge in [-0.15, -0.1) is 0 Å². The fourth-order valence-electron chi connectivity index (χ4n) is 2.11. The number of rotatable bonds is 6. The zero-order valence-corrected chi connectivity index (χ0v) is 10.4. The minimum absolute atomic E-state index is 0.0957. The summed E-state index contributed by atoms with van der Waals surface area (Å²) in [4.78, 5) is 13.7. The number of likely N-dealkylation sites (N-methyl/N-ethyl adjacent to an activating group) is 1. The van der Waals surface area contributed by atoms with Crippen LogP contribution >= 0.6 is 0 Å². The summed E-state index contributed by atoms with van der Waals surface area (Å²) in [5.74, 6) is 0.0957. The highest BCUT2D eigenvalue weighted by Crippen LogP contribution is 2.09. The average Bonchev–Trinajstić information content (AvgIpc) is 2.53. The highest BCUT2D eigenvalue weighted by atomic mass is 16.1. The number of nitrogens with zero attached hydrogens (tertiary/aromatic N) is 1. The molecule has 1 fully saturated rings. The minimum atomic E-state index is 0.0957. The molecule has 1 saturated heterocycles. The SMILES string of the molecule is CNCC(=O)NCCCN1CCCCCC1. The number of carbonyl (C=O) groups is 1. The largest absolute Gasteiger partial charge is 0.355 e. The van der Waals surface area contributed by atoms with Crippen LogP contribution in [0.5, 0.6) is 0 Å². The van der Waals surface area contributed by atoms with E-state index in [0.717, 1.165) is 19.5 Å². The van der Waals surface area contributed by atoms with Crippen LogP contribution in [0, 0.1) is 0 Å². The van der Waals surface area contributed by atoms with E-state index < -0.39 is 0 Å². The van der Waals surface area contributed by atoms with Gasteiger partial charge in [0, 0.05) is 6.54 Å². The second-order valence-corrected chi connectivity index (χ2v) is 4.49. The summed E-state index contributed by atoms with van der Waals surface area (Å²) >= 11 is 0. The lowest BCUT2D eigenvalue weighted by molar-refractivity contribution is -0.120. The highest BCUT2D eigenvalue weighted by Gasteiger charge is 2.08. The summed E-state index contributed by atoms with van der Waals surface area (Å²) in [7, 11) is 1.79. The monoisotopic (exact) mass is 227 g/mol. The fourth-order valence-corrected chi connectivity index (χ4v) is 2.11. The molecule has 16 heavy (non-hydrogen) atoms. The van der Waals surface area contributed by atoms with Crippen molar-refractivity contribution in [2.75, 3.05) is 39.8 Å². The van der Waals surface area contributed by atoms with Gasteiger partial charge in [-0.3, -0.25) is 4.79 Å². The van der Waals surface area contributed by atoms with Crippen LogP contribution in [0.2, 0.25) is 0 Å². The van der Waals surface area contributed by atoms with Crippen molar-refractivity contribution in [1.29, 1.82) is 0 Å². The predicted molar refractivity (Wildman–Crippen MR) is 66.5 cm³/mol. The summed E-state index contributed by atoms with van der Waals surface area (Å²) in [5, 5.41) is 5.75. The van der Waals surface area contributed by atoms with Gasteiger partial charge in [-0.05, 0) is 45.9 Å². The summed E-state index contributed by atoms with van der Waals surface area (Å²) in [6.07, 6.45) is 6.51. The molecule has 0 bridgehead atoms. The van der Waals surface area contributed by atoms with Crippen molar-refractivity contribution >= 4 is 5.91 Å². The third-order valence-electron chi connectivity index (χ3n) is 3.01. The maximum absolute atomic E-state index is 11.2. The van der Waals surface area contributed by atoms with Crippen molar-refractivity contribution < 1.29 is 4.79 Å². The van der Waals surface area contributed by atoms with Crippen LogP contribution in [-0.2, 0) is 4.79 Å². The molecule has 0 unspecified atom stereocenters. The third-order valence-corrected chi connectivity index (χ3v) is 3.01. The molecule has 0 aromatic heterocycles. The summed E-state index contributed by atoms with van der Waals surface area (Å²) in [6.45, 7) is 4.83. The highest BCUT2D eigenvalue weighted by molar-refractivity contribution is 5.77. The van der Waals surface area contributed by atoms with Crippen LogP contribution in [0.4, 0.5) is 0 Å². The van der Waals surface area contributed by atoms with Crippen molar-refractivity contribution in [2.24, 2.45) is 0 Å². The van der Waals surface area contributed by atoms with E-state index in [1.165, 1.54) is 38.8 Å². The van der Waals surface area contributed by atoms with Crippen molar-refractivity contribution in [2.45, 2.75) is 32.1 Å². The van der Waals surface area contributed by atoms with Crippen molar-refractivity contribution in [3.63, 3.8) is 0 Å². The van der Waals surface area contributed by atoms with Crippen LogP contribution in [0.25, 0.3) is 0 Å². The number of carbonyl (C=O) groups excluding carboxylic acids is 1. The zero-order valence-electron chi connectivity index (χ0n) is 10.4. The summed E-state index contributed by atoms with van der Waals surface area (Å²) < 4.78 is 0. The standard InChI is InChI=1S/C12H25N3O/c1-13-11-12(16)14-7-6-10-15-8-4-2-3-5-9-15/h13H,2-11H2,1H3,(H,14,16). The molecule has 4 nitrogen and oxygen atoms in total. The van der Waals surface area contributed by atoms with E-state index in [1.807, 2.05) is 0 Å². The molecule has 0 spiro atoms. The summed E-state index contributed by atoms with van der Waals surface area (Å²) in [6, 6.07) is 0. The first kappa shape index (κ1) is 13.5. The third kappa shape index (κ3) is 6.08. The quantitative estimate of drug-likeness (QED) is 0.653. The van der Waals surface area contributed by atoms with E-state index in [2.05, 4.69) is 15.5 Å². The second-order valence-electron chi connectivity index (χ2n) is 4.49. The maximum atomic E-state index is 11.2. The Morgan fingerprint density at radius 1 is 1.19 bits per heavy atom. The Kier molecular flexibility index (Phi) is 7.17. The molecule has 2 N–H and O–H groups in total. The molecule has 94 valence electrons. The van der Waals surface area contributed by atoms with Gasteiger partial charge in [-0.25, -0.2) is 0 Å². The lowest BCUT2D eigenvalue weighted by Gasteiger charge is -2.19. The van der Waals surface area contributed by atoms with Crippen LogP contribution in [0.3, 0.4) is 0 Å². The van der Waals surface area contributed by atoms with Crippen molar-refractivity contribution in [3.05, 3.63) is 0 Å². The lowest BCUT2D eigenvalue weighted by Crippen LogP contribution is -2.34. The first-order valence-corrected chi connectivity index (χ1v) is 6.46. The van der Waals surface area contributed by atoms with E-state index in [1.54, 1.807) is 7.05 Å². The number of amides is 1. The Morgan fingerprint density at radius 2 is 1.88 bits per heavy atom. The molecule has 1 aliphatic rings. The van der Waals surface area contributed by atoms with Gasteiger partial charge in [0.05, 0.1) is 6.54 Å². The van der Waals surface area contributed by atoms with Gasteiger partial charge in [0.1, 0.15) is 0 Å². The first-order valence-electron chi connectivity index (χ1n) is 6.46. The normalized spacial score (nSPS) is 18.1. The molecule has 0 saturated carbocycles. The fraction of sp³-hybridized carbons (Fsp3) is 0.917. The van der Waals surface area contributed by atoms with E-state index in [0.29, 0.717) is 6.54 Å². The molecule has 0 radical (unpaired) electrons. The lowest BCUT2D eigenvalue weighted by atomic mass is 10.2. The molecule has 1 heterocycles. The number of hydrogen-bond donors (Lipinski definition) is 2. The number of likely N-dealkylation sites (tertiary alicyclic amines) is 1. The Hall–Kier alpha value is -0.610. The maximum Gasteiger partial charge on any atom is 0.233 e. The molecule has 0 aromatic carbocycles. The van der Waals surface area contributed by atoms with Gasteiger partial charge < -0.3 is 15.5 Å². The zero-order chi connectivity index (χ0) is 11.6. The molecule has 1 rings (SSSR count). The number of hydrogen-bond acceptors (Lipinski definition) is 3. The molecule has 1 amide bonds. The predicted octanol–water partition coefficient (Wildman–Crippen LogP) is 0.588. The van der Waals surface area contributed by atoms with E-state index >= 15 is 0 Å². The van der Waals surface area contributed by atoms with Gasteiger partial charge >= 0.3 is 0 Å². The molecule has 4 heteroatoms. The Balaban J connectivity index is 1.99. The smallest absolute Gasteiger partial charge is 0.233 e. The Bertz CT molecular complexity index is 189. The molecular formula is C12H25N3O. The van der Waals surface area contributed by atoms with Crippen LogP contribution in [0.15, 0.2) is 0 Å². The van der Waals surface area contributed by atoms with Gasteiger partial charge in [-0.1, -0.05) is 12.8 Å². The number of nitrogens with one attached hydrogen (secondary N) is 2. The summed E-state index contributed by atoms with van der Waals surface area (Å²) in [5.41, 5.74) is 0. The topological polar surface area (TPSA) is 44.4 Å². The molecule has 1 aliphatic heterocycles. The van der Waals surface area contributed by atoms with Gasteiger partial charge in [0.15, 0.2) is 0 Å². The second kappa shape index (κ2) is 8.53. The van der Waals surface area contributed by atoms with E-state index in [9.17, 15) is 4.79 Å². The first-order chi connectivity index (χ1) is 7.83. The molecule has 0 aromatic rings. The molecular weight excluding hydrogens is 202 g/mol. The van der Waals surface area contributed by atoms with Crippen LogP contribution < -0.4 is 10.6 Å². The van der Waals surface area contributed by atoms with Gasteiger partial charge in [0.2, 0.25) is 5.91 Å². The van der Waals surface area contributed by atoms with E-state index in [4.69, 9.17) is 0 Å². The molecule has 0 atom stereocenters. The molecule has 0 aliphatic carbocycles. The van der Waals surface area contributed by atoms with E-state index in [-0.39, 0.29) is 5.91 Å². The average molecular weight is 227 g/mol. The Morgan fingerprint density at radius 3 is 2.50 bits per heavy atom. The van der Waals surface area contributed by atoms with Gasteiger partial charge in [-0.2, -0.15) is 0 Å². The van der Waals surface area contributed by atoms with Crippen molar-refractivity contribution in [1.82, 2.24) is 15.5 Å².